The van der Waals surface area contributed by atoms with Gasteiger partial charge >= 0.3 is 5.97 Å². The highest BCUT2D eigenvalue weighted by Gasteiger charge is 2.24. The third kappa shape index (κ3) is 3.11. The van der Waals surface area contributed by atoms with Gasteiger partial charge in [0.1, 0.15) is 16.7 Å². The van der Waals surface area contributed by atoms with Gasteiger partial charge in [-0.05, 0) is 19.1 Å². The number of hydrogen-bond donors (Lipinski definition) is 2. The zero-order chi connectivity index (χ0) is 18.8. The molecule has 1 amide bonds. The second kappa shape index (κ2) is 7.09. The molecular weight excluding hydrogens is 354 g/mol. The molecule has 1 atom stereocenters. The van der Waals surface area contributed by atoms with Gasteiger partial charge in [0.15, 0.2) is 0 Å². The summed E-state index contributed by atoms with van der Waals surface area (Å²) in [5.41, 5.74) is 0.0158. The van der Waals surface area contributed by atoms with Crippen LogP contribution in [0, 0.1) is 0 Å². The van der Waals surface area contributed by atoms with Crippen LogP contribution in [0.4, 0.5) is 5.69 Å². The third-order valence-corrected chi connectivity index (χ3v) is 4.94. The average molecular weight is 371 g/mol. The average Bonchev–Trinajstić information content (AvgIpc) is 3.06. The van der Waals surface area contributed by atoms with Gasteiger partial charge in [0.05, 0.1) is 10.9 Å². The monoisotopic (exact) mass is 371 g/mol. The Kier molecular flexibility index (Phi) is 4.85. The molecule has 0 saturated carbocycles. The zero-order valence-electron chi connectivity index (χ0n) is 14.2. The van der Waals surface area contributed by atoms with E-state index in [-0.39, 0.29) is 16.9 Å². The smallest absolute Gasteiger partial charge is 0.337 e. The lowest BCUT2D eigenvalue weighted by atomic mass is 10.2. The Morgan fingerprint density at radius 3 is 2.62 bits per heavy atom. The van der Waals surface area contributed by atoms with Gasteiger partial charge in [-0.3, -0.25) is 14.2 Å². The van der Waals surface area contributed by atoms with E-state index < -0.39 is 17.6 Å². The van der Waals surface area contributed by atoms with Crippen molar-refractivity contribution in [3.63, 3.8) is 0 Å². The minimum absolute atomic E-state index is 0.0408. The van der Waals surface area contributed by atoms with Crippen molar-refractivity contribution in [1.82, 2.24) is 9.55 Å². The summed E-state index contributed by atoms with van der Waals surface area (Å²) >= 11 is 1.11. The number of carbonyl (C=O) groups is 2. The topological polar surface area (TPSA) is 101 Å². The minimum atomic E-state index is -1.19. The van der Waals surface area contributed by atoms with Crippen LogP contribution in [0.2, 0.25) is 0 Å². The lowest BCUT2D eigenvalue weighted by Gasteiger charge is -2.18. The number of nitrogens with zero attached hydrogens (tertiary/aromatic N) is 2. The predicted octanol–water partition coefficient (Wildman–Crippen LogP) is 2.92. The molecule has 3 aromatic rings. The number of nitrogens with one attached hydrogen (secondary N) is 1. The fourth-order valence-corrected chi connectivity index (χ4v) is 3.66. The van der Waals surface area contributed by atoms with Crippen LogP contribution in [0.25, 0.3) is 10.2 Å². The van der Waals surface area contributed by atoms with Crippen molar-refractivity contribution in [2.45, 2.75) is 26.3 Å². The lowest BCUT2D eigenvalue weighted by molar-refractivity contribution is -0.118. The first kappa shape index (κ1) is 17.8. The first-order chi connectivity index (χ1) is 12.4. The Morgan fingerprint density at radius 1 is 1.31 bits per heavy atom. The molecule has 2 N–H and O–H groups in total. The highest BCUT2D eigenvalue weighted by Crippen LogP contribution is 2.23. The summed E-state index contributed by atoms with van der Waals surface area (Å²) < 4.78 is 1.28. The molecule has 0 saturated heterocycles. The van der Waals surface area contributed by atoms with Crippen LogP contribution in [0.3, 0.4) is 0 Å². The van der Waals surface area contributed by atoms with E-state index in [1.54, 1.807) is 31.2 Å². The number of aromatic nitrogens is 2. The molecule has 1 unspecified atom stereocenters. The van der Waals surface area contributed by atoms with E-state index in [2.05, 4.69) is 10.3 Å². The van der Waals surface area contributed by atoms with E-state index in [4.69, 9.17) is 0 Å². The molecule has 2 aromatic heterocycles. The molecule has 26 heavy (non-hydrogen) atoms. The maximum Gasteiger partial charge on any atom is 0.337 e. The standard InChI is InChI=1S/C18H17N3O4S/c1-3-13-20-16-14(12(9-26-16)18(24)25)17(23)21(13)10(2)15(22)19-11-7-5-4-6-8-11/h4-10H,3H2,1-2H3,(H,19,22)(H,24,25). The van der Waals surface area contributed by atoms with E-state index in [1.807, 2.05) is 13.0 Å². The molecule has 134 valence electrons. The summed E-state index contributed by atoms with van der Waals surface area (Å²) in [6.45, 7) is 3.43. The second-order valence-electron chi connectivity index (χ2n) is 5.72. The fraction of sp³-hybridized carbons (Fsp3) is 0.222. The van der Waals surface area contributed by atoms with Gasteiger partial charge in [0.25, 0.3) is 5.56 Å². The van der Waals surface area contributed by atoms with Crippen LogP contribution < -0.4 is 10.9 Å². The number of aromatic carboxylic acids is 1. The molecule has 0 aliphatic carbocycles. The Bertz CT molecular complexity index is 1040. The van der Waals surface area contributed by atoms with E-state index in [9.17, 15) is 19.5 Å². The van der Waals surface area contributed by atoms with Crippen molar-refractivity contribution in [2.75, 3.05) is 5.32 Å². The minimum Gasteiger partial charge on any atom is -0.478 e. The van der Waals surface area contributed by atoms with Crippen molar-refractivity contribution < 1.29 is 14.7 Å². The molecule has 3 rings (SSSR count). The number of anilines is 1. The Labute approximate surface area is 152 Å². The summed E-state index contributed by atoms with van der Waals surface area (Å²) in [4.78, 5) is 41.8. The fourth-order valence-electron chi connectivity index (χ4n) is 2.74. The molecule has 1 aromatic carbocycles. The number of rotatable bonds is 5. The maximum absolute atomic E-state index is 13.0. The Balaban J connectivity index is 2.09. The number of hydrogen-bond acceptors (Lipinski definition) is 5. The van der Waals surface area contributed by atoms with E-state index in [0.717, 1.165) is 11.3 Å². The van der Waals surface area contributed by atoms with Crippen LogP contribution in [0.5, 0.6) is 0 Å². The van der Waals surface area contributed by atoms with Crippen LogP contribution in [-0.4, -0.2) is 26.5 Å². The first-order valence-electron chi connectivity index (χ1n) is 8.05. The lowest BCUT2D eigenvalue weighted by Crippen LogP contribution is -2.34. The van der Waals surface area contributed by atoms with Crippen LogP contribution in [0.1, 0.15) is 36.1 Å². The number of thiophene rings is 1. The summed E-state index contributed by atoms with van der Waals surface area (Å²) in [6, 6.07) is 8.08. The molecule has 7 nitrogen and oxygen atoms in total. The molecule has 0 aliphatic heterocycles. The van der Waals surface area contributed by atoms with E-state index >= 15 is 0 Å². The van der Waals surface area contributed by atoms with Crippen molar-refractivity contribution in [3.8, 4) is 0 Å². The van der Waals surface area contributed by atoms with Crippen LogP contribution in [-0.2, 0) is 11.2 Å². The number of carboxylic acids is 1. The van der Waals surface area contributed by atoms with E-state index in [0.29, 0.717) is 22.8 Å². The zero-order valence-corrected chi connectivity index (χ0v) is 15.0. The Morgan fingerprint density at radius 2 is 2.00 bits per heavy atom. The highest BCUT2D eigenvalue weighted by atomic mass is 32.1. The second-order valence-corrected chi connectivity index (χ2v) is 6.58. The highest BCUT2D eigenvalue weighted by molar-refractivity contribution is 7.17. The summed E-state index contributed by atoms with van der Waals surface area (Å²) in [5.74, 6) is -1.12. The largest absolute Gasteiger partial charge is 0.478 e. The third-order valence-electron chi connectivity index (χ3n) is 4.07. The number of amides is 1. The van der Waals surface area contributed by atoms with Crippen molar-refractivity contribution in [2.24, 2.45) is 0 Å². The van der Waals surface area contributed by atoms with Gasteiger partial charge in [-0.15, -0.1) is 11.3 Å². The van der Waals surface area contributed by atoms with Gasteiger partial charge in [0, 0.05) is 17.5 Å². The SMILES string of the molecule is CCc1nc2scc(C(=O)O)c2c(=O)n1C(C)C(=O)Nc1ccccc1. The van der Waals surface area contributed by atoms with Gasteiger partial charge < -0.3 is 10.4 Å². The molecule has 0 radical (unpaired) electrons. The number of benzene rings is 1. The van der Waals surface area contributed by atoms with Gasteiger partial charge in [-0.25, -0.2) is 9.78 Å². The van der Waals surface area contributed by atoms with Crippen LogP contribution >= 0.6 is 11.3 Å². The van der Waals surface area contributed by atoms with Crippen molar-refractivity contribution >= 4 is 39.1 Å². The number of carbonyl (C=O) groups excluding carboxylic acids is 1. The normalized spacial score (nSPS) is 12.1. The molecular formula is C18H17N3O4S. The molecule has 0 spiro atoms. The summed E-state index contributed by atoms with van der Waals surface area (Å²) in [6.07, 6.45) is 0.439. The molecule has 0 bridgehead atoms. The molecule has 8 heteroatoms. The summed E-state index contributed by atoms with van der Waals surface area (Å²) in [7, 11) is 0. The number of carboxylic acid groups (broad SMARTS) is 1. The maximum atomic E-state index is 13.0. The first-order valence-corrected chi connectivity index (χ1v) is 8.93. The van der Waals surface area contributed by atoms with Crippen LogP contribution in [0.15, 0.2) is 40.5 Å². The van der Waals surface area contributed by atoms with Crippen molar-refractivity contribution in [3.05, 3.63) is 57.5 Å². The van der Waals surface area contributed by atoms with Gasteiger partial charge in [0.2, 0.25) is 5.91 Å². The van der Waals surface area contributed by atoms with Gasteiger partial charge in [-0.1, -0.05) is 25.1 Å². The molecule has 0 fully saturated rings. The van der Waals surface area contributed by atoms with E-state index in [1.165, 1.54) is 9.95 Å². The predicted molar refractivity (Wildman–Crippen MR) is 100 cm³/mol. The number of para-hydroxylation sites is 1. The molecule has 0 aliphatic rings. The number of aryl methyl sites for hydroxylation is 1. The van der Waals surface area contributed by atoms with Gasteiger partial charge in [-0.2, -0.15) is 0 Å². The Hall–Kier alpha value is -3.00. The number of fused-ring (bicyclic) bond motifs is 1. The molecule has 2 heterocycles. The summed E-state index contributed by atoms with van der Waals surface area (Å²) in [5, 5.41) is 13.5. The van der Waals surface area contributed by atoms with Crippen molar-refractivity contribution in [1.29, 1.82) is 0 Å². The quantitative estimate of drug-likeness (QED) is 0.718.